The van der Waals surface area contributed by atoms with Gasteiger partial charge >= 0.3 is 0 Å². The molecule has 5 heteroatoms. The van der Waals surface area contributed by atoms with E-state index in [2.05, 4.69) is 6.92 Å². The van der Waals surface area contributed by atoms with Gasteiger partial charge in [0.25, 0.3) is 0 Å². The van der Waals surface area contributed by atoms with Gasteiger partial charge in [-0.1, -0.05) is 20.8 Å². The Hall–Kier alpha value is 2.76. The first-order valence-corrected chi connectivity index (χ1v) is 4.52. The summed E-state index contributed by atoms with van der Waals surface area (Å²) < 4.78 is 5.24. The fourth-order valence-corrected chi connectivity index (χ4v) is 1.71. The molecular formula is C9H18Ac2O3. The fourth-order valence-electron chi connectivity index (χ4n) is 1.71. The van der Waals surface area contributed by atoms with Crippen molar-refractivity contribution in [1.29, 1.82) is 0 Å². The van der Waals surface area contributed by atoms with Crippen molar-refractivity contribution in [2.75, 3.05) is 6.61 Å². The van der Waals surface area contributed by atoms with Crippen LogP contribution in [0.15, 0.2) is 0 Å². The van der Waals surface area contributed by atoms with E-state index in [4.69, 9.17) is 9.84 Å². The number of hydrogen-bond acceptors (Lipinski definition) is 3. The topological polar surface area (TPSA) is 49.7 Å². The predicted octanol–water partition coefficient (Wildman–Crippen LogP) is 0.604. The van der Waals surface area contributed by atoms with E-state index in [9.17, 15) is 5.11 Å². The quantitative estimate of drug-likeness (QED) is 0.448. The van der Waals surface area contributed by atoms with Crippen molar-refractivity contribution < 1.29 is 103 Å². The minimum Gasteiger partial charge on any atom is -0.394 e. The van der Waals surface area contributed by atoms with Crippen molar-refractivity contribution in [2.24, 2.45) is 17.8 Å². The Morgan fingerprint density at radius 2 is 1.50 bits per heavy atom. The molecule has 0 saturated carbocycles. The molecule has 1 fully saturated rings. The second kappa shape index (κ2) is 8.80. The van der Waals surface area contributed by atoms with Crippen LogP contribution in [-0.4, -0.2) is 29.2 Å². The van der Waals surface area contributed by atoms with E-state index in [1.807, 2.05) is 13.8 Å². The van der Waals surface area contributed by atoms with Gasteiger partial charge in [0.05, 0.1) is 12.7 Å². The Kier molecular flexibility index (Phi) is 12.0. The van der Waals surface area contributed by atoms with E-state index in [0.717, 1.165) is 0 Å². The molecule has 1 heterocycles. The average Bonchev–Trinajstić information content (AvgIpc) is 2.08. The molecule has 0 spiro atoms. The Labute approximate surface area is 157 Å². The third kappa shape index (κ3) is 4.56. The molecule has 1 saturated heterocycles. The molecule has 2 N–H and O–H groups in total. The molecule has 0 aromatic heterocycles. The van der Waals surface area contributed by atoms with Gasteiger partial charge in [0, 0.05) is 94.0 Å². The van der Waals surface area contributed by atoms with E-state index in [-0.39, 0.29) is 107 Å². The standard InChI is InChI=1S/C9H18O3.2Ac/c1-5-6(2)8(4-10)12-9(11)7(5)3;;/h5-11H,4H2,1-3H3;;/t5?,6-,7?,8?,9?;;/m1../s1. The van der Waals surface area contributed by atoms with Crippen LogP contribution in [0.1, 0.15) is 20.8 Å². The first kappa shape index (κ1) is 19.1. The number of ether oxygens (including phenoxy) is 1. The van der Waals surface area contributed by atoms with Gasteiger partial charge in [-0.05, 0) is 11.8 Å². The van der Waals surface area contributed by atoms with Crippen LogP contribution in [0.25, 0.3) is 0 Å². The second-order valence-electron chi connectivity index (χ2n) is 3.83. The zero-order chi connectivity index (χ0) is 9.30. The number of aliphatic hydroxyl groups excluding tert-OH is 2. The molecule has 4 unspecified atom stereocenters. The molecule has 0 amide bonds. The molecule has 14 heavy (non-hydrogen) atoms. The SMILES string of the molecule is CC1C(O)OC(CO)[C@H](C)C1C.[Ac].[Ac]. The predicted molar refractivity (Wildman–Crippen MR) is 45.5 cm³/mol. The monoisotopic (exact) mass is 628 g/mol. The summed E-state index contributed by atoms with van der Waals surface area (Å²) in [4.78, 5) is 0. The van der Waals surface area contributed by atoms with Crippen molar-refractivity contribution in [3.63, 3.8) is 0 Å². The van der Waals surface area contributed by atoms with Crippen molar-refractivity contribution in [1.82, 2.24) is 0 Å². The van der Waals surface area contributed by atoms with Crippen molar-refractivity contribution in [2.45, 2.75) is 33.2 Å². The minimum atomic E-state index is -0.714. The van der Waals surface area contributed by atoms with Crippen molar-refractivity contribution in [3.8, 4) is 0 Å². The van der Waals surface area contributed by atoms with Crippen molar-refractivity contribution >= 4 is 0 Å². The Morgan fingerprint density at radius 3 is 1.93 bits per heavy atom. The summed E-state index contributed by atoms with van der Waals surface area (Å²) in [6.45, 7) is 6.10. The third-order valence-electron chi connectivity index (χ3n) is 3.19. The Morgan fingerprint density at radius 1 is 1.00 bits per heavy atom. The van der Waals surface area contributed by atoms with Gasteiger partial charge in [-0.25, -0.2) is 0 Å². The molecule has 0 aromatic rings. The van der Waals surface area contributed by atoms with Crippen LogP contribution in [-0.2, 0) is 4.74 Å². The van der Waals surface area contributed by atoms with Gasteiger partial charge in [0.1, 0.15) is 0 Å². The third-order valence-corrected chi connectivity index (χ3v) is 3.19. The molecule has 2 radical (unpaired) electrons. The minimum absolute atomic E-state index is 0. The molecule has 0 bridgehead atoms. The zero-order valence-electron chi connectivity index (χ0n) is 9.05. The molecule has 0 aromatic carbocycles. The van der Waals surface area contributed by atoms with Crippen LogP contribution in [0, 0.1) is 106 Å². The van der Waals surface area contributed by atoms with Gasteiger partial charge in [-0.15, -0.1) is 0 Å². The average molecular weight is 628 g/mol. The summed E-state index contributed by atoms with van der Waals surface area (Å²) in [5.74, 6) is 0.863. The summed E-state index contributed by atoms with van der Waals surface area (Å²) in [7, 11) is 0. The Balaban J connectivity index is 0. The van der Waals surface area contributed by atoms with Gasteiger partial charge in [-0.3, -0.25) is 0 Å². The fraction of sp³-hybridized carbons (Fsp3) is 1.00. The number of aliphatic hydroxyl groups is 2. The molecule has 1 rings (SSSR count). The number of hydrogen-bond donors (Lipinski definition) is 2. The summed E-state index contributed by atoms with van der Waals surface area (Å²) in [6, 6.07) is 0. The zero-order valence-corrected chi connectivity index (χ0v) is 18.5. The summed E-state index contributed by atoms with van der Waals surface area (Å²) >= 11 is 0. The first-order chi connectivity index (χ1) is 5.57. The van der Waals surface area contributed by atoms with Crippen LogP contribution >= 0.6 is 0 Å². The maximum absolute atomic E-state index is 9.43. The van der Waals surface area contributed by atoms with Crippen LogP contribution in [0.2, 0.25) is 0 Å². The van der Waals surface area contributed by atoms with Crippen LogP contribution in [0.4, 0.5) is 0 Å². The van der Waals surface area contributed by atoms with Gasteiger partial charge < -0.3 is 14.9 Å². The summed E-state index contributed by atoms with van der Waals surface area (Å²) in [5.41, 5.74) is 0. The van der Waals surface area contributed by atoms with Gasteiger partial charge in [-0.2, -0.15) is 0 Å². The summed E-state index contributed by atoms with van der Waals surface area (Å²) in [5, 5.41) is 18.4. The maximum atomic E-state index is 9.43. The molecule has 1 aliphatic rings. The van der Waals surface area contributed by atoms with Crippen LogP contribution in [0.3, 0.4) is 0 Å². The van der Waals surface area contributed by atoms with Crippen molar-refractivity contribution in [3.05, 3.63) is 0 Å². The molecule has 78 valence electrons. The van der Waals surface area contributed by atoms with Gasteiger partial charge in [0.2, 0.25) is 0 Å². The van der Waals surface area contributed by atoms with E-state index >= 15 is 0 Å². The van der Waals surface area contributed by atoms with E-state index < -0.39 is 6.29 Å². The van der Waals surface area contributed by atoms with E-state index in [0.29, 0.717) is 11.8 Å². The van der Waals surface area contributed by atoms with Crippen LogP contribution in [0.5, 0.6) is 0 Å². The summed E-state index contributed by atoms with van der Waals surface area (Å²) in [6.07, 6.45) is -0.917. The van der Waals surface area contributed by atoms with E-state index in [1.54, 1.807) is 0 Å². The number of rotatable bonds is 1. The maximum Gasteiger partial charge on any atom is 0.157 e. The molecule has 1 aliphatic heterocycles. The second-order valence-corrected chi connectivity index (χ2v) is 3.83. The van der Waals surface area contributed by atoms with Gasteiger partial charge in [0.15, 0.2) is 6.29 Å². The van der Waals surface area contributed by atoms with E-state index in [1.165, 1.54) is 0 Å². The molecule has 5 atom stereocenters. The normalized spacial score (nSPS) is 42.2. The smallest absolute Gasteiger partial charge is 0.157 e. The van der Waals surface area contributed by atoms with Crippen LogP contribution < -0.4 is 0 Å². The first-order valence-electron chi connectivity index (χ1n) is 4.52. The Bertz CT molecular complexity index is 152. The molecular weight excluding hydrogens is 610 g/mol. The molecule has 3 nitrogen and oxygen atoms in total. The largest absolute Gasteiger partial charge is 0.394 e. The molecule has 0 aliphatic carbocycles.